The Hall–Kier alpha value is -2.91. The van der Waals surface area contributed by atoms with E-state index < -0.39 is 57.2 Å². The third kappa shape index (κ3) is 5.27. The number of hydrogen-bond donors (Lipinski definition) is 2. The van der Waals surface area contributed by atoms with Gasteiger partial charge in [-0.1, -0.05) is 53.6 Å². The van der Waals surface area contributed by atoms with Crippen LogP contribution < -0.4 is 0 Å². The predicted octanol–water partition coefficient (Wildman–Crippen LogP) is 6.52. The van der Waals surface area contributed by atoms with E-state index in [1.807, 2.05) is 46.8 Å². The van der Waals surface area contributed by atoms with E-state index in [4.69, 9.17) is 14.7 Å². The smallest absolute Gasteiger partial charge is 0.184 e. The zero-order valence-corrected chi connectivity index (χ0v) is 25.1. The molecule has 2 N–H and O–H groups in total. The molecule has 8 heteroatoms. The lowest BCUT2D eigenvalue weighted by Crippen LogP contribution is -2.58. The monoisotopic (exact) mass is 566 g/mol. The van der Waals surface area contributed by atoms with Crippen molar-refractivity contribution in [3.05, 3.63) is 64.8 Å². The molecule has 1 aromatic carbocycles. The molecule has 0 unspecified atom stereocenters. The second kappa shape index (κ2) is 11.1. The quantitative estimate of drug-likeness (QED) is 0.0728. The lowest BCUT2D eigenvalue weighted by atomic mass is 9.54. The molecular weight excluding hydrogens is 524 g/mol. The summed E-state index contributed by atoms with van der Waals surface area (Å²) in [5.74, 6) is -2.62. The SMILES string of the molecule is CC(C)=CC[C@]12C[C@@]3(C)OO[C@H](C(C)(C)OO)C[C@@H]3C[C@](CC=C(C)C)(C(=O)C(=C(O)c3ccccc3)C1=O)C2=O. The van der Waals surface area contributed by atoms with Gasteiger partial charge in [-0.3, -0.25) is 19.6 Å². The Bertz CT molecular complexity index is 1310. The van der Waals surface area contributed by atoms with Crippen LogP contribution in [0.25, 0.3) is 5.76 Å². The molecule has 0 spiro atoms. The van der Waals surface area contributed by atoms with Gasteiger partial charge < -0.3 is 5.11 Å². The van der Waals surface area contributed by atoms with Crippen molar-refractivity contribution in [1.29, 1.82) is 0 Å². The lowest BCUT2D eigenvalue weighted by molar-refractivity contribution is -0.460. The van der Waals surface area contributed by atoms with Crippen molar-refractivity contribution in [2.45, 2.75) is 97.9 Å². The summed E-state index contributed by atoms with van der Waals surface area (Å²) >= 11 is 0. The summed E-state index contributed by atoms with van der Waals surface area (Å²) in [6.45, 7) is 12.7. The predicted molar refractivity (Wildman–Crippen MR) is 153 cm³/mol. The summed E-state index contributed by atoms with van der Waals surface area (Å²) in [4.78, 5) is 60.6. The van der Waals surface area contributed by atoms with Gasteiger partial charge in [0, 0.05) is 5.56 Å². The highest BCUT2D eigenvalue weighted by Gasteiger charge is 2.70. The highest BCUT2D eigenvalue weighted by molar-refractivity contribution is 6.41. The maximum atomic E-state index is 14.9. The Labute approximate surface area is 241 Å². The van der Waals surface area contributed by atoms with Gasteiger partial charge in [0.15, 0.2) is 17.3 Å². The Morgan fingerprint density at radius 3 is 2.12 bits per heavy atom. The van der Waals surface area contributed by atoms with Gasteiger partial charge in [-0.05, 0) is 86.5 Å². The third-order valence-electron chi connectivity index (χ3n) is 9.17. The first-order valence-electron chi connectivity index (χ1n) is 14.2. The number of fused-ring (bicyclic) bond motifs is 3. The number of rotatable bonds is 7. The molecule has 3 aliphatic rings. The normalized spacial score (nSPS) is 33.0. The third-order valence-corrected chi connectivity index (χ3v) is 9.17. The molecule has 41 heavy (non-hydrogen) atoms. The van der Waals surface area contributed by atoms with Crippen molar-refractivity contribution in [1.82, 2.24) is 0 Å². The molecule has 0 amide bonds. The first-order chi connectivity index (χ1) is 19.1. The second-order valence-corrected chi connectivity index (χ2v) is 13.2. The van der Waals surface area contributed by atoms with Gasteiger partial charge in [-0.2, -0.15) is 0 Å². The molecule has 3 fully saturated rings. The van der Waals surface area contributed by atoms with Gasteiger partial charge >= 0.3 is 0 Å². The van der Waals surface area contributed by atoms with Crippen LogP contribution in [-0.2, 0) is 29.0 Å². The van der Waals surface area contributed by atoms with E-state index in [1.54, 1.807) is 44.2 Å². The van der Waals surface area contributed by atoms with Gasteiger partial charge in [-0.15, -0.1) is 0 Å². The average molecular weight is 567 g/mol. The molecule has 2 aliphatic carbocycles. The fourth-order valence-corrected chi connectivity index (χ4v) is 6.56. The van der Waals surface area contributed by atoms with E-state index in [0.717, 1.165) is 11.1 Å². The summed E-state index contributed by atoms with van der Waals surface area (Å²) in [7, 11) is 0. The van der Waals surface area contributed by atoms with Gasteiger partial charge in [-0.25, -0.2) is 14.7 Å². The number of ketones is 3. The van der Waals surface area contributed by atoms with Crippen LogP contribution in [0.2, 0.25) is 0 Å². The number of carbonyl (C=O) groups is 3. The molecular formula is C33H42O8. The topological polar surface area (TPSA) is 119 Å². The van der Waals surface area contributed by atoms with Crippen molar-refractivity contribution in [2.75, 3.05) is 0 Å². The number of carbonyl (C=O) groups excluding carboxylic acids is 3. The molecule has 8 nitrogen and oxygen atoms in total. The molecule has 1 saturated heterocycles. The van der Waals surface area contributed by atoms with E-state index in [2.05, 4.69) is 0 Å². The fourth-order valence-electron chi connectivity index (χ4n) is 6.56. The van der Waals surface area contributed by atoms with Gasteiger partial charge in [0.05, 0.1) is 10.8 Å². The van der Waals surface area contributed by atoms with Crippen molar-refractivity contribution in [3.63, 3.8) is 0 Å². The molecule has 2 saturated carbocycles. The molecule has 1 aliphatic heterocycles. The Morgan fingerprint density at radius 1 is 1.00 bits per heavy atom. The number of aliphatic hydroxyl groups excluding tert-OH is 1. The molecule has 4 rings (SSSR count). The molecule has 5 atom stereocenters. The van der Waals surface area contributed by atoms with Crippen molar-refractivity contribution < 1.29 is 39.4 Å². The number of benzene rings is 1. The van der Waals surface area contributed by atoms with E-state index in [1.165, 1.54) is 0 Å². The number of hydrogen-bond acceptors (Lipinski definition) is 8. The van der Waals surface area contributed by atoms with Gasteiger partial charge in [0.2, 0.25) is 0 Å². The number of aliphatic hydroxyl groups is 1. The van der Waals surface area contributed by atoms with Crippen molar-refractivity contribution in [2.24, 2.45) is 16.7 Å². The first kappa shape index (κ1) is 31.0. The van der Waals surface area contributed by atoms with E-state index in [0.29, 0.717) is 12.0 Å². The minimum absolute atomic E-state index is 0.0331. The summed E-state index contributed by atoms with van der Waals surface area (Å²) in [6, 6.07) is 8.47. The lowest BCUT2D eigenvalue weighted by Gasteiger charge is -2.47. The van der Waals surface area contributed by atoms with Crippen molar-refractivity contribution in [3.8, 4) is 0 Å². The maximum absolute atomic E-state index is 14.9. The fraction of sp³-hybridized carbons (Fsp3) is 0.545. The van der Waals surface area contributed by atoms with E-state index in [9.17, 15) is 24.7 Å². The summed E-state index contributed by atoms with van der Waals surface area (Å²) in [5.41, 5.74) is -3.69. The molecule has 0 aromatic heterocycles. The van der Waals surface area contributed by atoms with Crippen molar-refractivity contribution >= 4 is 23.1 Å². The Kier molecular flexibility index (Phi) is 8.37. The molecule has 2 bridgehead atoms. The largest absolute Gasteiger partial charge is 0.506 e. The van der Waals surface area contributed by atoms with Crippen LogP contribution in [-0.4, -0.2) is 45.0 Å². The van der Waals surface area contributed by atoms with Gasteiger partial charge in [0.1, 0.15) is 28.6 Å². The van der Waals surface area contributed by atoms with E-state index in [-0.39, 0.29) is 31.3 Å². The summed E-state index contributed by atoms with van der Waals surface area (Å²) in [6.07, 6.45) is 3.51. The molecule has 222 valence electrons. The number of Topliss-reactive ketones (excluding diaryl/α,β-unsaturated/α-hetero) is 3. The molecule has 0 radical (unpaired) electrons. The standard InChI is InChI=1S/C33H42O8/c1-20(2)13-15-32-18-23-17-24(30(5,6)40-38)39-41-31(23,7)19-33(29(32)37,16-14-21(3)4)28(36)25(27(32)35)26(34)22-11-9-8-10-12-22/h8-14,23-24,34,38H,15-19H2,1-7H3/t23-,24+,31-,32-,33+/m1/s1. The van der Waals surface area contributed by atoms with Crippen LogP contribution in [0.4, 0.5) is 0 Å². The highest BCUT2D eigenvalue weighted by atomic mass is 17.2. The van der Waals surface area contributed by atoms with Crippen LogP contribution in [0.5, 0.6) is 0 Å². The van der Waals surface area contributed by atoms with Crippen LogP contribution in [0.15, 0.2) is 59.2 Å². The average Bonchev–Trinajstić information content (AvgIpc) is 3.00. The zero-order chi connectivity index (χ0) is 30.4. The van der Waals surface area contributed by atoms with Crippen LogP contribution in [0, 0.1) is 16.7 Å². The second-order valence-electron chi connectivity index (χ2n) is 13.2. The number of allylic oxidation sites excluding steroid dienone is 5. The zero-order valence-electron chi connectivity index (χ0n) is 25.1. The van der Waals surface area contributed by atoms with Gasteiger partial charge in [0.25, 0.3) is 0 Å². The first-order valence-corrected chi connectivity index (χ1v) is 14.2. The minimum Gasteiger partial charge on any atom is -0.506 e. The van der Waals surface area contributed by atoms with E-state index >= 15 is 0 Å². The molecule has 1 heterocycles. The minimum atomic E-state index is -1.67. The van der Waals surface area contributed by atoms with Crippen LogP contribution >= 0.6 is 0 Å². The summed E-state index contributed by atoms with van der Waals surface area (Å²) in [5, 5.41) is 21.1. The Morgan fingerprint density at radius 2 is 1.56 bits per heavy atom. The molecule has 1 aromatic rings. The van der Waals surface area contributed by atoms with Crippen LogP contribution in [0.1, 0.15) is 86.1 Å². The Balaban J connectivity index is 2.02. The highest BCUT2D eigenvalue weighted by Crippen LogP contribution is 2.60. The van der Waals surface area contributed by atoms with Crippen LogP contribution in [0.3, 0.4) is 0 Å². The maximum Gasteiger partial charge on any atom is 0.184 e. The summed E-state index contributed by atoms with van der Waals surface area (Å²) < 4.78 is 0.